The van der Waals surface area contributed by atoms with Crippen LogP contribution in [0.3, 0.4) is 0 Å². The van der Waals surface area contributed by atoms with Gasteiger partial charge in [0.05, 0.1) is 34.4 Å². The third kappa shape index (κ3) is 3.72. The van der Waals surface area contributed by atoms with Gasteiger partial charge >= 0.3 is 0 Å². The molecule has 1 saturated carbocycles. The van der Waals surface area contributed by atoms with Crippen LogP contribution in [0.4, 0.5) is 27.3 Å². The number of nitrogens with one attached hydrogen (secondary N) is 3. The Balaban J connectivity index is 1.60. The smallest absolute Gasteiger partial charge is 0.254 e. The lowest BCUT2D eigenvalue weighted by Crippen LogP contribution is -2.31. The first-order chi connectivity index (χ1) is 17.4. The maximum atomic E-state index is 14.9. The minimum absolute atomic E-state index is 0.0811. The summed E-state index contributed by atoms with van der Waals surface area (Å²) < 4.78 is 38.6. The van der Waals surface area contributed by atoms with E-state index in [0.29, 0.717) is 28.7 Å². The van der Waals surface area contributed by atoms with E-state index in [4.69, 9.17) is 4.11 Å². The van der Waals surface area contributed by atoms with Crippen molar-refractivity contribution in [3.8, 4) is 5.69 Å². The van der Waals surface area contributed by atoms with E-state index in [-0.39, 0.29) is 34.9 Å². The summed E-state index contributed by atoms with van der Waals surface area (Å²) in [6.45, 7) is 0.950. The highest BCUT2D eigenvalue weighted by molar-refractivity contribution is 6.02. The van der Waals surface area contributed by atoms with Crippen molar-refractivity contribution in [2.45, 2.75) is 32.7 Å². The summed E-state index contributed by atoms with van der Waals surface area (Å²) in [5.74, 6) is -0.381. The quantitative estimate of drug-likeness (QED) is 0.528. The Morgan fingerprint density at radius 2 is 2.03 bits per heavy atom. The van der Waals surface area contributed by atoms with Crippen molar-refractivity contribution < 1.29 is 18.1 Å². The molecule has 1 aliphatic heterocycles. The van der Waals surface area contributed by atoms with Crippen LogP contribution < -0.4 is 20.9 Å². The van der Waals surface area contributed by atoms with Crippen LogP contribution in [-0.4, -0.2) is 45.6 Å². The number of hydrogen-bond donors (Lipinski definition) is 3. The van der Waals surface area contributed by atoms with E-state index in [2.05, 4.69) is 25.7 Å². The summed E-state index contributed by atoms with van der Waals surface area (Å²) in [6, 6.07) is 3.83. The third-order valence-corrected chi connectivity index (χ3v) is 6.06. The average Bonchev–Trinajstić information content (AvgIpc) is 3.57. The van der Waals surface area contributed by atoms with Gasteiger partial charge in [0.15, 0.2) is 5.82 Å². The van der Waals surface area contributed by atoms with Gasteiger partial charge < -0.3 is 20.9 Å². The minimum atomic E-state index is -2.73. The number of amides is 2. The zero-order valence-corrected chi connectivity index (χ0v) is 18.8. The number of hydrogen-bond acceptors (Lipinski definition) is 7. The number of nitrogens with zero attached hydrogens (tertiary/aromatic N) is 5. The monoisotopic (exact) mass is 467 g/mol. The van der Waals surface area contributed by atoms with Crippen LogP contribution in [0.1, 0.15) is 51.9 Å². The lowest BCUT2D eigenvalue weighted by molar-refractivity contribution is -0.117. The van der Waals surface area contributed by atoms with E-state index in [0.717, 1.165) is 12.8 Å². The normalized spacial score (nSPS) is 18.2. The zero-order chi connectivity index (χ0) is 26.6. The van der Waals surface area contributed by atoms with Gasteiger partial charge in [-0.3, -0.25) is 9.59 Å². The van der Waals surface area contributed by atoms with Crippen molar-refractivity contribution in [1.29, 1.82) is 0 Å². The Labute approximate surface area is 199 Å². The molecule has 11 heteroatoms. The van der Waals surface area contributed by atoms with E-state index < -0.39 is 18.7 Å². The molecule has 1 fully saturated rings. The van der Waals surface area contributed by atoms with Gasteiger partial charge in [0.1, 0.15) is 17.5 Å². The summed E-state index contributed by atoms with van der Waals surface area (Å²) in [4.78, 5) is 35.6. The van der Waals surface area contributed by atoms with Crippen LogP contribution in [0.25, 0.3) is 5.69 Å². The Bertz CT molecular complexity index is 1420. The topological polar surface area (TPSA) is 117 Å². The highest BCUT2D eigenvalue weighted by Gasteiger charge is 2.32. The molecule has 34 heavy (non-hydrogen) atoms. The molecule has 1 atom stereocenters. The number of carbonyl (C=O) groups excluding carboxylic acids is 2. The second kappa shape index (κ2) is 8.08. The number of carbonyl (C=O) groups is 2. The molecule has 0 unspecified atom stereocenters. The SMILES string of the molecule is [2H]C([2H])([2H])NC(=O)c1cnc(NC(=O)C2CC2)cc1Nc1cc(F)cc2c1N(C)[C@H](C)c1nc(C)nn1-2. The maximum absolute atomic E-state index is 14.9. The summed E-state index contributed by atoms with van der Waals surface area (Å²) in [5, 5.41) is 12.2. The highest BCUT2D eigenvalue weighted by atomic mass is 19.1. The molecule has 3 aromatic rings. The first kappa shape index (κ1) is 18.4. The molecule has 3 heterocycles. The van der Waals surface area contributed by atoms with Gasteiger partial charge in [-0.15, -0.1) is 0 Å². The maximum Gasteiger partial charge on any atom is 0.254 e. The van der Waals surface area contributed by atoms with Gasteiger partial charge in [0.25, 0.3) is 5.91 Å². The van der Waals surface area contributed by atoms with Crippen molar-refractivity contribution in [3.05, 3.63) is 47.4 Å². The summed E-state index contributed by atoms with van der Waals surface area (Å²) in [7, 11) is 1.83. The minimum Gasteiger partial charge on any atom is -0.361 e. The van der Waals surface area contributed by atoms with Gasteiger partial charge in [-0.05, 0) is 32.8 Å². The fourth-order valence-corrected chi connectivity index (χ4v) is 4.05. The largest absolute Gasteiger partial charge is 0.361 e. The number of benzene rings is 1. The Kier molecular flexibility index (Phi) is 4.38. The molecule has 0 radical (unpaired) electrons. The number of aromatic nitrogens is 4. The van der Waals surface area contributed by atoms with Crippen LogP contribution in [0.15, 0.2) is 24.4 Å². The molecule has 10 nitrogen and oxygen atoms in total. The highest BCUT2D eigenvalue weighted by Crippen LogP contribution is 2.43. The molecule has 2 aliphatic rings. The van der Waals surface area contributed by atoms with Gasteiger partial charge in [-0.2, -0.15) is 5.10 Å². The van der Waals surface area contributed by atoms with Gasteiger partial charge in [0, 0.05) is 42.4 Å². The predicted octanol–water partition coefficient (Wildman–Crippen LogP) is 3.07. The van der Waals surface area contributed by atoms with Crippen LogP contribution in [0, 0.1) is 18.7 Å². The fraction of sp³-hybridized carbons (Fsp3) is 0.348. The van der Waals surface area contributed by atoms with Crippen molar-refractivity contribution in [1.82, 2.24) is 25.1 Å². The Hall–Kier alpha value is -4.02. The average molecular weight is 468 g/mol. The molecule has 176 valence electrons. The second-order valence-electron chi connectivity index (χ2n) is 8.49. The molecule has 2 amide bonds. The van der Waals surface area contributed by atoms with Crippen molar-refractivity contribution >= 4 is 34.7 Å². The first-order valence-corrected chi connectivity index (χ1v) is 10.8. The molecule has 1 aromatic carbocycles. The van der Waals surface area contributed by atoms with Gasteiger partial charge in [-0.1, -0.05) is 0 Å². The zero-order valence-electron chi connectivity index (χ0n) is 21.8. The molecular formula is C23H25FN8O2. The Morgan fingerprint density at radius 1 is 1.24 bits per heavy atom. The number of anilines is 4. The summed E-state index contributed by atoms with van der Waals surface area (Å²) in [5.41, 5.74) is 1.38. The molecule has 2 aromatic heterocycles. The lowest BCUT2D eigenvalue weighted by atomic mass is 10.1. The number of fused-ring (bicyclic) bond motifs is 3. The van der Waals surface area contributed by atoms with Crippen LogP contribution >= 0.6 is 0 Å². The van der Waals surface area contributed by atoms with Gasteiger partial charge in [-0.25, -0.2) is 19.0 Å². The molecule has 5 rings (SSSR count). The van der Waals surface area contributed by atoms with Crippen molar-refractivity contribution in [2.24, 2.45) is 5.92 Å². The van der Waals surface area contributed by atoms with Crippen LogP contribution in [0.2, 0.25) is 0 Å². The number of halogens is 1. The number of rotatable bonds is 5. The van der Waals surface area contributed by atoms with E-state index in [1.165, 1.54) is 24.4 Å². The molecule has 0 bridgehead atoms. The molecule has 0 saturated heterocycles. The summed E-state index contributed by atoms with van der Waals surface area (Å²) >= 11 is 0. The molecule has 1 aliphatic carbocycles. The predicted molar refractivity (Wildman–Crippen MR) is 125 cm³/mol. The van der Waals surface area contributed by atoms with Crippen LogP contribution in [-0.2, 0) is 4.79 Å². The van der Waals surface area contributed by atoms with Gasteiger partial charge in [0.2, 0.25) is 5.91 Å². The van der Waals surface area contributed by atoms with E-state index in [9.17, 15) is 14.0 Å². The van der Waals surface area contributed by atoms with E-state index in [1.54, 1.807) is 11.6 Å². The first-order valence-electron chi connectivity index (χ1n) is 12.3. The molecular weight excluding hydrogens is 439 g/mol. The van der Waals surface area contributed by atoms with E-state index in [1.807, 2.05) is 24.2 Å². The van der Waals surface area contributed by atoms with E-state index >= 15 is 0 Å². The van der Waals surface area contributed by atoms with Crippen molar-refractivity contribution in [3.63, 3.8) is 0 Å². The van der Waals surface area contributed by atoms with Crippen molar-refractivity contribution in [2.75, 3.05) is 29.6 Å². The standard InChI is InChI=1S/C23H25FN8O2/c1-11-21-27-12(2)30-32(21)18-8-14(24)7-17(20(18)31(11)4)28-16-9-19(29-22(33)13-5-6-13)26-10-15(16)23(34)25-3/h7-11,13H,5-6H2,1-4H3,(H,25,34)(H2,26,28,29,33)/t11-/m1/s1/i3D3. The van der Waals surface area contributed by atoms with Crippen LogP contribution in [0.5, 0.6) is 0 Å². The molecule has 0 spiro atoms. The number of pyridine rings is 1. The third-order valence-electron chi connectivity index (χ3n) is 6.06. The molecule has 3 N–H and O–H groups in total. The number of aryl methyl sites for hydroxylation is 1. The second-order valence-corrected chi connectivity index (χ2v) is 8.49. The summed E-state index contributed by atoms with van der Waals surface area (Å²) in [6.07, 6.45) is 2.75. The fourth-order valence-electron chi connectivity index (χ4n) is 4.05. The Morgan fingerprint density at radius 3 is 2.76 bits per heavy atom. The lowest BCUT2D eigenvalue weighted by Gasteiger charge is -2.35.